The lowest BCUT2D eigenvalue weighted by atomic mass is 10.1. The lowest BCUT2D eigenvalue weighted by molar-refractivity contribution is -0.193. The third kappa shape index (κ3) is 6.33. The molecule has 200 valence electrons. The smallest absolute Gasteiger partial charge is 0.456 e. The first-order chi connectivity index (χ1) is 18.3. The predicted molar refractivity (Wildman–Crippen MR) is 135 cm³/mol. The Hall–Kier alpha value is -4.91. The Morgan fingerprint density at radius 3 is 2.18 bits per heavy atom. The van der Waals surface area contributed by atoms with E-state index in [-0.39, 0.29) is 27.9 Å². The monoisotopic (exact) mass is 557 g/mol. The quantitative estimate of drug-likeness (QED) is 0.126. The number of halogens is 3. The minimum atomic E-state index is -5.45. The summed E-state index contributed by atoms with van der Waals surface area (Å²) in [6.07, 6.45) is -5.45. The van der Waals surface area contributed by atoms with Crippen molar-refractivity contribution in [1.82, 2.24) is 0 Å². The number of nitrogens with two attached hydrogens (primary N) is 1. The number of nitrogens with one attached hydrogen (secondary N) is 2. The van der Waals surface area contributed by atoms with Crippen molar-refractivity contribution in [2.45, 2.75) is 11.1 Å². The van der Waals surface area contributed by atoms with E-state index in [9.17, 15) is 31.2 Å². The molecule has 4 aromatic carbocycles. The second-order valence-corrected chi connectivity index (χ2v) is 9.72. The Balaban J connectivity index is 1.68. The number of amidine groups is 1. The Labute approximate surface area is 219 Å². The number of hydrogen-bond acceptors (Lipinski definition) is 7. The SMILES string of the molecule is N=C(N)c1ccc(Oc2ccc(NS(=O)(=O)c3ccc4ccccc4c3)cc2C(=O)OC(=O)C(F)(F)F)cc1. The van der Waals surface area contributed by atoms with Crippen LogP contribution in [0.15, 0.2) is 89.8 Å². The maximum absolute atomic E-state index is 13.0. The van der Waals surface area contributed by atoms with Crippen LogP contribution in [0.4, 0.5) is 18.9 Å². The number of esters is 2. The number of sulfonamides is 1. The lowest BCUT2D eigenvalue weighted by Crippen LogP contribution is -2.28. The van der Waals surface area contributed by atoms with E-state index in [0.29, 0.717) is 10.9 Å². The molecule has 0 radical (unpaired) electrons. The first-order valence-electron chi connectivity index (χ1n) is 10.9. The average Bonchev–Trinajstić information content (AvgIpc) is 2.88. The standard InChI is InChI=1S/C26H18F3N3O6S/c27-26(28,29)25(34)38-24(33)21-14-18(8-12-22(21)37-19-9-5-16(6-10-19)23(30)31)32-39(35,36)20-11-7-15-3-1-2-4-17(15)13-20/h1-14,32H,(H3,30,31). The zero-order valence-corrected chi connectivity index (χ0v) is 20.5. The first-order valence-corrected chi connectivity index (χ1v) is 12.4. The fraction of sp³-hybridized carbons (Fsp3) is 0.0385. The van der Waals surface area contributed by atoms with Crippen molar-refractivity contribution >= 4 is 44.3 Å². The van der Waals surface area contributed by atoms with Crippen LogP contribution in [0.2, 0.25) is 0 Å². The Morgan fingerprint density at radius 1 is 0.872 bits per heavy atom. The summed E-state index contributed by atoms with van der Waals surface area (Å²) in [5.74, 6) is -4.94. The van der Waals surface area contributed by atoms with Crippen LogP contribution in [0.5, 0.6) is 11.5 Å². The van der Waals surface area contributed by atoms with Crippen LogP contribution in [0, 0.1) is 5.41 Å². The third-order valence-electron chi connectivity index (χ3n) is 5.29. The highest BCUT2D eigenvalue weighted by Crippen LogP contribution is 2.31. The number of hydrogen-bond donors (Lipinski definition) is 3. The number of anilines is 1. The number of carbonyl (C=O) groups is 2. The molecule has 0 atom stereocenters. The van der Waals surface area contributed by atoms with Gasteiger partial charge >= 0.3 is 18.1 Å². The van der Waals surface area contributed by atoms with Gasteiger partial charge in [0, 0.05) is 11.3 Å². The number of benzene rings is 4. The van der Waals surface area contributed by atoms with E-state index in [1.165, 1.54) is 42.5 Å². The highest BCUT2D eigenvalue weighted by Gasteiger charge is 2.43. The molecular formula is C26H18F3N3O6S. The molecule has 0 aliphatic rings. The molecule has 0 unspecified atom stereocenters. The van der Waals surface area contributed by atoms with Crippen LogP contribution in [0.3, 0.4) is 0 Å². The fourth-order valence-corrected chi connectivity index (χ4v) is 4.50. The number of rotatable bonds is 7. The first kappa shape index (κ1) is 27.1. The molecule has 13 heteroatoms. The van der Waals surface area contributed by atoms with Crippen LogP contribution in [-0.4, -0.2) is 32.4 Å². The summed E-state index contributed by atoms with van der Waals surface area (Å²) in [5, 5.41) is 8.87. The molecule has 0 aliphatic heterocycles. The second-order valence-electron chi connectivity index (χ2n) is 8.04. The minimum absolute atomic E-state index is 0.0979. The summed E-state index contributed by atoms with van der Waals surface area (Å²) < 4.78 is 75.9. The Morgan fingerprint density at radius 2 is 1.54 bits per heavy atom. The van der Waals surface area contributed by atoms with E-state index in [4.69, 9.17) is 15.9 Å². The van der Waals surface area contributed by atoms with Crippen LogP contribution in [0.25, 0.3) is 10.8 Å². The summed E-state index contributed by atoms with van der Waals surface area (Å²) in [6.45, 7) is 0. The lowest BCUT2D eigenvalue weighted by Gasteiger charge is -2.14. The molecular weight excluding hydrogens is 539 g/mol. The molecule has 0 heterocycles. The molecule has 4 rings (SSSR count). The van der Waals surface area contributed by atoms with Crippen molar-refractivity contribution in [2.24, 2.45) is 5.73 Å². The highest BCUT2D eigenvalue weighted by atomic mass is 32.2. The van der Waals surface area contributed by atoms with Crippen molar-refractivity contribution in [1.29, 1.82) is 5.41 Å². The number of nitrogen functional groups attached to an aromatic ring is 1. The van der Waals surface area contributed by atoms with Gasteiger partial charge in [-0.1, -0.05) is 30.3 Å². The van der Waals surface area contributed by atoms with Crippen LogP contribution in [-0.2, 0) is 19.6 Å². The number of ether oxygens (including phenoxy) is 2. The average molecular weight is 558 g/mol. The maximum Gasteiger partial charge on any atom is 0.491 e. The maximum atomic E-state index is 13.0. The van der Waals surface area contributed by atoms with E-state index >= 15 is 0 Å². The molecule has 39 heavy (non-hydrogen) atoms. The largest absolute Gasteiger partial charge is 0.491 e. The summed E-state index contributed by atoms with van der Waals surface area (Å²) in [4.78, 5) is 23.7. The summed E-state index contributed by atoms with van der Waals surface area (Å²) in [6, 6.07) is 20.2. The van der Waals surface area contributed by atoms with Gasteiger partial charge in [0.05, 0.1) is 4.90 Å². The molecule has 0 aliphatic carbocycles. The number of carbonyl (C=O) groups excluding carboxylic acids is 2. The van der Waals surface area contributed by atoms with Gasteiger partial charge in [-0.25, -0.2) is 18.0 Å². The molecule has 4 aromatic rings. The Kier molecular flexibility index (Phi) is 7.27. The van der Waals surface area contributed by atoms with Crippen LogP contribution >= 0.6 is 0 Å². The van der Waals surface area contributed by atoms with Crippen molar-refractivity contribution in [2.75, 3.05) is 4.72 Å². The topological polar surface area (TPSA) is 149 Å². The predicted octanol–water partition coefficient (Wildman–Crippen LogP) is 4.96. The van der Waals surface area contributed by atoms with Gasteiger partial charge in [-0.05, 0) is 65.4 Å². The zero-order chi connectivity index (χ0) is 28.4. The van der Waals surface area contributed by atoms with E-state index < -0.39 is 33.7 Å². The molecule has 0 saturated carbocycles. The van der Waals surface area contributed by atoms with E-state index in [0.717, 1.165) is 17.5 Å². The summed E-state index contributed by atoms with van der Waals surface area (Å²) in [5.41, 5.74) is 4.88. The second kappa shape index (κ2) is 10.5. The summed E-state index contributed by atoms with van der Waals surface area (Å²) in [7, 11) is -4.20. The van der Waals surface area contributed by atoms with Gasteiger partial charge in [-0.2, -0.15) is 13.2 Å². The molecule has 0 saturated heterocycles. The van der Waals surface area contributed by atoms with Gasteiger partial charge in [-0.3, -0.25) is 10.1 Å². The van der Waals surface area contributed by atoms with E-state index in [1.54, 1.807) is 30.3 Å². The molecule has 0 aromatic heterocycles. The van der Waals surface area contributed by atoms with Crippen molar-refractivity contribution < 1.29 is 40.7 Å². The van der Waals surface area contributed by atoms with Gasteiger partial charge in [0.25, 0.3) is 10.0 Å². The van der Waals surface area contributed by atoms with Crippen molar-refractivity contribution in [3.8, 4) is 11.5 Å². The van der Waals surface area contributed by atoms with Crippen molar-refractivity contribution in [3.63, 3.8) is 0 Å². The van der Waals surface area contributed by atoms with Crippen LogP contribution < -0.4 is 15.2 Å². The minimum Gasteiger partial charge on any atom is -0.456 e. The van der Waals surface area contributed by atoms with Crippen molar-refractivity contribution in [3.05, 3.63) is 96.1 Å². The van der Waals surface area contributed by atoms with E-state index in [2.05, 4.69) is 9.46 Å². The van der Waals surface area contributed by atoms with Gasteiger partial charge in [0.1, 0.15) is 22.9 Å². The highest BCUT2D eigenvalue weighted by molar-refractivity contribution is 7.92. The van der Waals surface area contributed by atoms with Gasteiger partial charge in [0.15, 0.2) is 0 Å². The molecule has 0 spiro atoms. The van der Waals surface area contributed by atoms with Gasteiger partial charge in [-0.15, -0.1) is 0 Å². The normalized spacial score (nSPS) is 11.6. The third-order valence-corrected chi connectivity index (χ3v) is 6.67. The Bertz CT molecular complexity index is 1700. The molecule has 0 bridgehead atoms. The zero-order valence-electron chi connectivity index (χ0n) is 19.7. The molecule has 0 fully saturated rings. The van der Waals surface area contributed by atoms with Crippen LogP contribution in [0.1, 0.15) is 15.9 Å². The van der Waals surface area contributed by atoms with E-state index in [1.807, 2.05) is 0 Å². The number of alkyl halides is 3. The molecule has 4 N–H and O–H groups in total. The fourth-order valence-electron chi connectivity index (χ4n) is 3.42. The molecule has 9 nitrogen and oxygen atoms in total. The van der Waals surface area contributed by atoms with Gasteiger partial charge < -0.3 is 15.2 Å². The summed E-state index contributed by atoms with van der Waals surface area (Å²) >= 11 is 0. The van der Waals surface area contributed by atoms with Gasteiger partial charge in [0.2, 0.25) is 0 Å². The number of fused-ring (bicyclic) bond motifs is 1. The molecule has 0 amide bonds.